The molecule has 55 heavy (non-hydrogen) atoms. The Hall–Kier alpha value is -2.93. The number of piperidine rings is 2. The summed E-state index contributed by atoms with van der Waals surface area (Å²) >= 11 is 0. The van der Waals surface area contributed by atoms with Gasteiger partial charge in [0.1, 0.15) is 17.7 Å². The largest absolute Gasteiger partial charge is 0.504 e. The van der Waals surface area contributed by atoms with Crippen LogP contribution in [0.3, 0.4) is 0 Å². The summed E-state index contributed by atoms with van der Waals surface area (Å²) in [4.78, 5) is 40.6. The quantitative estimate of drug-likeness (QED) is 0.0664. The Kier molecular flexibility index (Phi) is 17.5. The number of aromatic hydroxyl groups is 1. The number of carbonyl (C=O) groups is 3. The van der Waals surface area contributed by atoms with Crippen molar-refractivity contribution in [1.29, 1.82) is 0 Å². The van der Waals surface area contributed by atoms with Gasteiger partial charge in [0.2, 0.25) is 5.91 Å². The maximum absolute atomic E-state index is 14.8. The molecule has 1 saturated carbocycles. The zero-order chi connectivity index (χ0) is 40.0. The van der Waals surface area contributed by atoms with Gasteiger partial charge < -0.3 is 45.5 Å². The number of phenols is 1. The molecule has 0 bridgehead atoms. The van der Waals surface area contributed by atoms with Crippen LogP contribution in [0.1, 0.15) is 130 Å². The third-order valence-electron chi connectivity index (χ3n) is 12.5. The summed E-state index contributed by atoms with van der Waals surface area (Å²) in [5.41, 5.74) is -0.776. The van der Waals surface area contributed by atoms with Crippen molar-refractivity contribution in [2.75, 3.05) is 33.3 Å². The van der Waals surface area contributed by atoms with Gasteiger partial charge in [0.15, 0.2) is 11.5 Å². The summed E-state index contributed by atoms with van der Waals surface area (Å²) < 4.78 is 18.5. The van der Waals surface area contributed by atoms with Gasteiger partial charge in [-0.2, -0.15) is 0 Å². The number of carbonyl (C=O) groups excluding carboxylic acids is 3. The van der Waals surface area contributed by atoms with E-state index in [-0.39, 0.29) is 29.9 Å². The van der Waals surface area contributed by atoms with Crippen molar-refractivity contribution in [2.24, 2.45) is 23.2 Å². The van der Waals surface area contributed by atoms with E-state index >= 15 is 0 Å². The van der Waals surface area contributed by atoms with Crippen LogP contribution in [0.15, 0.2) is 18.2 Å². The second-order valence-corrected chi connectivity index (χ2v) is 17.2. The van der Waals surface area contributed by atoms with E-state index in [1.165, 1.54) is 14.0 Å². The Morgan fingerprint density at radius 3 is 2.42 bits per heavy atom. The number of esters is 2. The summed E-state index contributed by atoms with van der Waals surface area (Å²) in [5, 5.41) is 41.8. The first-order valence-electron chi connectivity index (χ1n) is 21.1. The number of hydrogen-bond donors (Lipinski definition) is 6. The standard InChI is InChI=1S/C43H71N3O9/c1-29(2)9-8-22-45-28-35(49)16-14-33(13-11-30(3)47)37(54-31(4)48)26-39(55-41(52)43-19-7-6-10-34(43)15-18-40(51)46-43)42(20-23-44-24-21-42)27-32-12-17-36(50)38(25-32)53-5/h12,17,25,29-30,33-35,37,39,44-45,47,49-50H,6-11,13-16,18-24,26-28H2,1-5H3,(H,46,51). The number of phenolic OH excluding ortho intramolecular Hbond substituents is 1. The Morgan fingerprint density at radius 2 is 1.73 bits per heavy atom. The molecule has 3 aliphatic rings. The second-order valence-electron chi connectivity index (χ2n) is 17.2. The lowest BCUT2D eigenvalue weighted by Crippen LogP contribution is -2.65. The smallest absolute Gasteiger partial charge is 0.332 e. The fourth-order valence-corrected chi connectivity index (χ4v) is 9.31. The predicted octanol–water partition coefficient (Wildman–Crippen LogP) is 5.33. The number of ether oxygens (including phenoxy) is 3. The van der Waals surface area contributed by atoms with Gasteiger partial charge in [-0.25, -0.2) is 4.79 Å². The zero-order valence-electron chi connectivity index (χ0n) is 34.2. The van der Waals surface area contributed by atoms with Gasteiger partial charge in [-0.1, -0.05) is 32.8 Å². The maximum atomic E-state index is 14.8. The summed E-state index contributed by atoms with van der Waals surface area (Å²) in [6.45, 7) is 10.2. The van der Waals surface area contributed by atoms with Crippen molar-refractivity contribution in [1.82, 2.24) is 16.0 Å². The van der Waals surface area contributed by atoms with Crippen molar-refractivity contribution in [2.45, 2.75) is 160 Å². The lowest BCUT2D eigenvalue weighted by molar-refractivity contribution is -0.179. The molecule has 7 unspecified atom stereocenters. The van der Waals surface area contributed by atoms with Gasteiger partial charge in [-0.3, -0.25) is 9.59 Å². The van der Waals surface area contributed by atoms with Crippen LogP contribution in [-0.2, 0) is 30.3 Å². The van der Waals surface area contributed by atoms with Crippen LogP contribution in [0.5, 0.6) is 11.5 Å². The van der Waals surface area contributed by atoms with Gasteiger partial charge in [0, 0.05) is 31.7 Å². The molecule has 312 valence electrons. The molecule has 1 aromatic rings. The number of amides is 1. The molecule has 12 nitrogen and oxygen atoms in total. The summed E-state index contributed by atoms with van der Waals surface area (Å²) in [5.74, 6) is -0.223. The lowest BCUT2D eigenvalue weighted by atomic mass is 9.66. The fourth-order valence-electron chi connectivity index (χ4n) is 9.31. The lowest BCUT2D eigenvalue weighted by Gasteiger charge is -2.49. The molecule has 7 atom stereocenters. The Bertz CT molecular complexity index is 1370. The maximum Gasteiger partial charge on any atom is 0.332 e. The van der Waals surface area contributed by atoms with E-state index in [4.69, 9.17) is 14.2 Å². The van der Waals surface area contributed by atoms with Crippen LogP contribution in [0.4, 0.5) is 0 Å². The van der Waals surface area contributed by atoms with E-state index in [0.29, 0.717) is 95.5 Å². The molecule has 12 heteroatoms. The van der Waals surface area contributed by atoms with Gasteiger partial charge >= 0.3 is 11.9 Å². The van der Waals surface area contributed by atoms with Crippen LogP contribution < -0.4 is 20.7 Å². The molecule has 0 spiro atoms. The Balaban J connectivity index is 1.69. The van der Waals surface area contributed by atoms with Crippen molar-refractivity contribution in [3.63, 3.8) is 0 Å². The number of rotatable bonds is 22. The van der Waals surface area contributed by atoms with E-state index in [0.717, 1.165) is 44.2 Å². The number of benzene rings is 1. The van der Waals surface area contributed by atoms with E-state index in [2.05, 4.69) is 29.8 Å². The molecule has 6 N–H and O–H groups in total. The van der Waals surface area contributed by atoms with Crippen molar-refractivity contribution in [3.8, 4) is 11.5 Å². The van der Waals surface area contributed by atoms with Gasteiger partial charge in [-0.05, 0) is 139 Å². The van der Waals surface area contributed by atoms with Crippen molar-refractivity contribution >= 4 is 17.8 Å². The van der Waals surface area contributed by atoms with Crippen LogP contribution >= 0.6 is 0 Å². The van der Waals surface area contributed by atoms with Crippen molar-refractivity contribution < 1.29 is 43.9 Å². The highest BCUT2D eigenvalue weighted by Crippen LogP contribution is 2.46. The van der Waals surface area contributed by atoms with Crippen molar-refractivity contribution in [3.05, 3.63) is 23.8 Å². The molecular weight excluding hydrogens is 702 g/mol. The molecule has 2 aliphatic heterocycles. The minimum Gasteiger partial charge on any atom is -0.504 e. The van der Waals surface area contributed by atoms with Crippen LogP contribution in [0, 0.1) is 23.2 Å². The predicted molar refractivity (Wildman–Crippen MR) is 212 cm³/mol. The highest BCUT2D eigenvalue weighted by Gasteiger charge is 2.54. The molecular formula is C43H71N3O9. The van der Waals surface area contributed by atoms with Crippen LogP contribution in [0.25, 0.3) is 0 Å². The van der Waals surface area contributed by atoms with Gasteiger partial charge in [0.25, 0.3) is 0 Å². The van der Waals surface area contributed by atoms with Crippen LogP contribution in [-0.4, -0.2) is 96.4 Å². The fraction of sp³-hybridized carbons (Fsp3) is 0.791. The molecule has 2 saturated heterocycles. The molecule has 3 fully saturated rings. The van der Waals surface area contributed by atoms with Gasteiger partial charge in [-0.15, -0.1) is 0 Å². The molecule has 4 rings (SSSR count). The molecule has 0 aromatic heterocycles. The minimum absolute atomic E-state index is 0.0130. The third kappa shape index (κ3) is 13.1. The third-order valence-corrected chi connectivity index (χ3v) is 12.5. The summed E-state index contributed by atoms with van der Waals surface area (Å²) in [7, 11) is 1.51. The number of fused-ring (bicyclic) bond motifs is 1. The van der Waals surface area contributed by atoms with E-state index in [1.807, 2.05) is 12.1 Å². The number of aliphatic hydroxyl groups is 2. The normalized spacial score (nSPS) is 23.8. The highest BCUT2D eigenvalue weighted by molar-refractivity contribution is 5.90. The highest BCUT2D eigenvalue weighted by atomic mass is 16.6. The van der Waals surface area contributed by atoms with E-state index < -0.39 is 47.3 Å². The Labute approximate surface area is 329 Å². The first kappa shape index (κ1) is 44.8. The molecule has 2 heterocycles. The second kappa shape index (κ2) is 21.6. The SMILES string of the molecule is COc1cc(CC2(C(CC(OC(C)=O)C(CCC(C)O)CCC(O)CNCCCC(C)C)OC(=O)C34CCCCC3CCC(=O)N4)CCNCC2)ccc1O. The summed E-state index contributed by atoms with van der Waals surface area (Å²) in [6, 6.07) is 5.30. The monoisotopic (exact) mass is 774 g/mol. The topological polar surface area (TPSA) is 176 Å². The first-order valence-corrected chi connectivity index (χ1v) is 21.1. The molecule has 1 amide bonds. The average molecular weight is 774 g/mol. The number of nitrogens with one attached hydrogen (secondary N) is 3. The number of methoxy groups -OCH3 is 1. The summed E-state index contributed by atoms with van der Waals surface area (Å²) in [6.07, 6.45) is 7.95. The molecule has 0 radical (unpaired) electrons. The van der Waals surface area contributed by atoms with Crippen LogP contribution in [0.2, 0.25) is 0 Å². The Morgan fingerprint density at radius 1 is 0.982 bits per heavy atom. The molecule has 1 aliphatic carbocycles. The number of aliphatic hydroxyl groups excluding tert-OH is 2. The van der Waals surface area contributed by atoms with Gasteiger partial charge in [0.05, 0.1) is 19.3 Å². The average Bonchev–Trinajstić information content (AvgIpc) is 3.14. The van der Waals surface area contributed by atoms with E-state index in [1.54, 1.807) is 13.0 Å². The molecule has 1 aromatic carbocycles. The number of hydrogen-bond acceptors (Lipinski definition) is 11. The minimum atomic E-state index is -1.10. The zero-order valence-corrected chi connectivity index (χ0v) is 34.2. The first-order chi connectivity index (χ1) is 26.3. The van der Waals surface area contributed by atoms with E-state index in [9.17, 15) is 29.7 Å².